The molecule has 0 aromatic heterocycles. The van der Waals surface area contributed by atoms with Crippen molar-refractivity contribution in [2.24, 2.45) is 0 Å². The minimum atomic E-state index is 0.0752. The number of hydrogen-bond donors (Lipinski definition) is 2. The standard InChI is InChI=1S/C16H17Cl2NO/c1-2-3-11-4-6-14(7-5-11)19-10-12-8-13(17)9-15(18)16(12)20/h4-9,19-20H,2-3,10H2,1H3. The van der Waals surface area contributed by atoms with E-state index in [9.17, 15) is 5.11 Å². The molecule has 0 aliphatic rings. The zero-order valence-corrected chi connectivity index (χ0v) is 12.8. The van der Waals surface area contributed by atoms with Gasteiger partial charge in [0, 0.05) is 22.8 Å². The van der Waals surface area contributed by atoms with E-state index in [1.807, 2.05) is 12.1 Å². The van der Waals surface area contributed by atoms with E-state index in [1.54, 1.807) is 6.07 Å². The van der Waals surface area contributed by atoms with Crippen molar-refractivity contribution in [3.05, 3.63) is 57.6 Å². The van der Waals surface area contributed by atoms with Crippen LogP contribution in [0.3, 0.4) is 0 Å². The molecular weight excluding hydrogens is 293 g/mol. The summed E-state index contributed by atoms with van der Waals surface area (Å²) in [5.74, 6) is 0.0752. The number of halogens is 2. The second-order valence-electron chi connectivity index (χ2n) is 4.70. The quantitative estimate of drug-likeness (QED) is 0.789. The van der Waals surface area contributed by atoms with Crippen LogP contribution in [-0.4, -0.2) is 5.11 Å². The first-order valence-corrected chi connectivity index (χ1v) is 7.35. The maximum atomic E-state index is 9.88. The van der Waals surface area contributed by atoms with Gasteiger partial charge in [-0.2, -0.15) is 0 Å². The Morgan fingerprint density at radius 2 is 1.80 bits per heavy atom. The van der Waals surface area contributed by atoms with E-state index in [4.69, 9.17) is 23.2 Å². The Bertz CT molecular complexity index is 582. The van der Waals surface area contributed by atoms with Crippen LogP contribution in [0.5, 0.6) is 5.75 Å². The molecule has 0 atom stereocenters. The van der Waals surface area contributed by atoms with Gasteiger partial charge in [-0.05, 0) is 36.2 Å². The number of rotatable bonds is 5. The van der Waals surface area contributed by atoms with Crippen molar-refractivity contribution in [3.8, 4) is 5.75 Å². The molecule has 0 unspecified atom stereocenters. The highest BCUT2D eigenvalue weighted by Crippen LogP contribution is 2.31. The predicted molar refractivity (Wildman–Crippen MR) is 85.9 cm³/mol. The lowest BCUT2D eigenvalue weighted by molar-refractivity contribution is 0.469. The number of aromatic hydroxyl groups is 1. The van der Waals surface area contributed by atoms with E-state index in [0.29, 0.717) is 17.1 Å². The molecule has 106 valence electrons. The van der Waals surface area contributed by atoms with E-state index in [1.165, 1.54) is 11.6 Å². The normalized spacial score (nSPS) is 10.6. The SMILES string of the molecule is CCCc1ccc(NCc2cc(Cl)cc(Cl)c2O)cc1. The van der Waals surface area contributed by atoms with Crippen LogP contribution < -0.4 is 5.32 Å². The molecule has 0 aliphatic heterocycles. The molecule has 0 spiro atoms. The lowest BCUT2D eigenvalue weighted by atomic mass is 10.1. The average Bonchev–Trinajstić information content (AvgIpc) is 2.43. The number of benzene rings is 2. The van der Waals surface area contributed by atoms with Crippen LogP contribution in [0.25, 0.3) is 0 Å². The number of nitrogens with one attached hydrogen (secondary N) is 1. The Kier molecular flexibility index (Phi) is 5.16. The maximum absolute atomic E-state index is 9.88. The minimum Gasteiger partial charge on any atom is -0.506 e. The third kappa shape index (κ3) is 3.81. The Labute approximate surface area is 129 Å². The summed E-state index contributed by atoms with van der Waals surface area (Å²) in [6.07, 6.45) is 2.23. The van der Waals surface area contributed by atoms with E-state index >= 15 is 0 Å². The third-order valence-corrected chi connectivity index (χ3v) is 3.59. The topological polar surface area (TPSA) is 32.3 Å². The first-order valence-electron chi connectivity index (χ1n) is 6.60. The molecular formula is C16H17Cl2NO. The lowest BCUT2D eigenvalue weighted by Crippen LogP contribution is -2.00. The highest BCUT2D eigenvalue weighted by Gasteiger charge is 2.07. The molecule has 0 amide bonds. The molecule has 0 bridgehead atoms. The average molecular weight is 310 g/mol. The lowest BCUT2D eigenvalue weighted by Gasteiger charge is -2.10. The fourth-order valence-corrected chi connectivity index (χ4v) is 2.56. The number of hydrogen-bond acceptors (Lipinski definition) is 2. The molecule has 0 fully saturated rings. The predicted octanol–water partition coefficient (Wildman–Crippen LogP) is 5.26. The van der Waals surface area contributed by atoms with Crippen molar-refractivity contribution < 1.29 is 5.11 Å². The fourth-order valence-electron chi connectivity index (χ4n) is 2.03. The summed E-state index contributed by atoms with van der Waals surface area (Å²) < 4.78 is 0. The van der Waals surface area contributed by atoms with E-state index < -0.39 is 0 Å². The molecule has 4 heteroatoms. The van der Waals surface area contributed by atoms with Gasteiger partial charge in [0.15, 0.2) is 0 Å². The van der Waals surface area contributed by atoms with Gasteiger partial charge in [0.1, 0.15) is 5.75 Å². The summed E-state index contributed by atoms with van der Waals surface area (Å²) in [7, 11) is 0. The number of anilines is 1. The van der Waals surface area contributed by atoms with E-state index in [-0.39, 0.29) is 10.8 Å². The monoisotopic (exact) mass is 309 g/mol. The summed E-state index contributed by atoms with van der Waals surface area (Å²) in [6.45, 7) is 2.64. The van der Waals surface area contributed by atoms with Crippen LogP contribution in [0.4, 0.5) is 5.69 Å². The van der Waals surface area contributed by atoms with Gasteiger partial charge in [0.2, 0.25) is 0 Å². The Morgan fingerprint density at radius 1 is 1.10 bits per heavy atom. The van der Waals surface area contributed by atoms with Gasteiger partial charge in [-0.15, -0.1) is 0 Å². The summed E-state index contributed by atoms with van der Waals surface area (Å²) in [5, 5.41) is 13.9. The van der Waals surface area contributed by atoms with Crippen LogP contribution >= 0.6 is 23.2 Å². The van der Waals surface area contributed by atoms with Crippen LogP contribution in [0.15, 0.2) is 36.4 Å². The summed E-state index contributed by atoms with van der Waals surface area (Å²) in [6, 6.07) is 11.5. The van der Waals surface area contributed by atoms with Crippen LogP contribution in [-0.2, 0) is 13.0 Å². The van der Waals surface area contributed by atoms with E-state index in [0.717, 1.165) is 18.5 Å². The van der Waals surface area contributed by atoms with Gasteiger partial charge < -0.3 is 10.4 Å². The second kappa shape index (κ2) is 6.87. The summed E-state index contributed by atoms with van der Waals surface area (Å²) in [4.78, 5) is 0. The van der Waals surface area contributed by atoms with Crippen molar-refractivity contribution in [2.75, 3.05) is 5.32 Å². The largest absolute Gasteiger partial charge is 0.506 e. The second-order valence-corrected chi connectivity index (χ2v) is 5.54. The molecule has 0 saturated heterocycles. The maximum Gasteiger partial charge on any atom is 0.139 e. The number of aryl methyl sites for hydroxylation is 1. The molecule has 0 heterocycles. The third-order valence-electron chi connectivity index (χ3n) is 3.08. The highest BCUT2D eigenvalue weighted by molar-refractivity contribution is 6.35. The molecule has 2 rings (SSSR count). The van der Waals surface area contributed by atoms with Crippen molar-refractivity contribution in [1.29, 1.82) is 0 Å². The van der Waals surface area contributed by atoms with Gasteiger partial charge in [-0.1, -0.05) is 48.7 Å². The smallest absolute Gasteiger partial charge is 0.139 e. The number of phenols is 1. The van der Waals surface area contributed by atoms with Crippen molar-refractivity contribution in [3.63, 3.8) is 0 Å². The first kappa shape index (κ1) is 15.0. The summed E-state index contributed by atoms with van der Waals surface area (Å²) >= 11 is 11.8. The van der Waals surface area contributed by atoms with Crippen molar-refractivity contribution in [1.82, 2.24) is 0 Å². The molecule has 2 N–H and O–H groups in total. The van der Waals surface area contributed by atoms with Crippen molar-refractivity contribution >= 4 is 28.9 Å². The fraction of sp³-hybridized carbons (Fsp3) is 0.250. The van der Waals surface area contributed by atoms with Crippen molar-refractivity contribution in [2.45, 2.75) is 26.3 Å². The van der Waals surface area contributed by atoms with E-state index in [2.05, 4.69) is 24.4 Å². The molecule has 0 radical (unpaired) electrons. The molecule has 2 nitrogen and oxygen atoms in total. The van der Waals surface area contributed by atoms with Gasteiger partial charge in [0.05, 0.1) is 5.02 Å². The van der Waals surface area contributed by atoms with Gasteiger partial charge in [0.25, 0.3) is 0 Å². The van der Waals surface area contributed by atoms with Crippen LogP contribution in [0.2, 0.25) is 10.0 Å². The molecule has 0 saturated carbocycles. The first-order chi connectivity index (χ1) is 9.60. The Hall–Kier alpha value is -1.38. The zero-order chi connectivity index (χ0) is 14.5. The van der Waals surface area contributed by atoms with Gasteiger partial charge in [-0.3, -0.25) is 0 Å². The minimum absolute atomic E-state index is 0.0752. The molecule has 2 aromatic rings. The molecule has 20 heavy (non-hydrogen) atoms. The van der Waals surface area contributed by atoms with Gasteiger partial charge >= 0.3 is 0 Å². The number of phenolic OH excluding ortho intramolecular Hbond substituents is 1. The van der Waals surface area contributed by atoms with Gasteiger partial charge in [-0.25, -0.2) is 0 Å². The zero-order valence-electron chi connectivity index (χ0n) is 11.3. The molecule has 2 aromatic carbocycles. The highest BCUT2D eigenvalue weighted by atomic mass is 35.5. The summed E-state index contributed by atoms with van der Waals surface area (Å²) in [5.41, 5.74) is 3.01. The molecule has 0 aliphatic carbocycles. The van der Waals surface area contributed by atoms with Crippen LogP contribution in [0.1, 0.15) is 24.5 Å². The van der Waals surface area contributed by atoms with Crippen LogP contribution in [0, 0.1) is 0 Å². The Morgan fingerprint density at radius 3 is 2.45 bits per heavy atom. The Balaban J connectivity index is 2.05.